The van der Waals surface area contributed by atoms with Crippen molar-refractivity contribution >= 4 is 29.7 Å². The van der Waals surface area contributed by atoms with E-state index in [2.05, 4.69) is 10.6 Å². The molecular formula is C32H43N3O10S. The van der Waals surface area contributed by atoms with E-state index in [0.717, 1.165) is 35.1 Å². The molecule has 0 bridgehead atoms. The fraction of sp³-hybridized carbons (Fsp3) is 0.531. The summed E-state index contributed by atoms with van der Waals surface area (Å²) in [5, 5.41) is 38.1. The van der Waals surface area contributed by atoms with E-state index in [1.54, 1.807) is 11.8 Å². The number of esters is 1. The fourth-order valence-electron chi connectivity index (χ4n) is 5.86. The Morgan fingerprint density at radius 2 is 1.74 bits per heavy atom. The zero-order valence-corrected chi connectivity index (χ0v) is 26.7. The molecule has 1 aliphatic heterocycles. The minimum Gasteiger partial charge on any atom is -0.465 e. The number of nitrogens with two attached hydrogens (primary N) is 1. The number of carbonyl (C=O) groups is 3. The van der Waals surface area contributed by atoms with Gasteiger partial charge in [0.2, 0.25) is 5.91 Å². The van der Waals surface area contributed by atoms with E-state index in [1.807, 2.05) is 48.5 Å². The van der Waals surface area contributed by atoms with Crippen molar-refractivity contribution < 1.29 is 48.7 Å². The number of carbonyl (C=O) groups excluding carboxylic acids is 3. The molecule has 13 nitrogen and oxygen atoms in total. The summed E-state index contributed by atoms with van der Waals surface area (Å²) in [4.78, 5) is 37.6. The first-order valence-corrected chi connectivity index (χ1v) is 16.4. The molecule has 0 aromatic heterocycles. The van der Waals surface area contributed by atoms with Crippen LogP contribution in [-0.2, 0) is 28.5 Å². The maximum atomic E-state index is 12.9. The van der Waals surface area contributed by atoms with Crippen LogP contribution >= 0.6 is 11.8 Å². The third-order valence-corrected chi connectivity index (χ3v) is 9.10. The van der Waals surface area contributed by atoms with Gasteiger partial charge in [0.05, 0.1) is 32.0 Å². The highest BCUT2D eigenvalue weighted by Gasteiger charge is 2.56. The molecule has 0 radical (unpaired) electrons. The number of ether oxygens (including phenoxy) is 4. The lowest BCUT2D eigenvalue weighted by atomic mass is 9.88. The molecule has 6 atom stereocenters. The fourth-order valence-corrected chi connectivity index (χ4v) is 6.55. The van der Waals surface area contributed by atoms with E-state index < -0.39 is 67.2 Å². The molecule has 7 N–H and O–H groups in total. The lowest BCUT2D eigenvalue weighted by Gasteiger charge is -2.47. The molecule has 1 saturated heterocycles. The maximum absolute atomic E-state index is 12.9. The van der Waals surface area contributed by atoms with Crippen LogP contribution in [0.1, 0.15) is 36.8 Å². The number of amides is 2. The summed E-state index contributed by atoms with van der Waals surface area (Å²) in [5.74, 6) is -2.34. The minimum atomic E-state index is -2.12. The predicted octanol–water partition coefficient (Wildman–Crippen LogP) is 0.869. The molecule has 1 heterocycles. The van der Waals surface area contributed by atoms with Gasteiger partial charge in [0.15, 0.2) is 0 Å². The first-order valence-electron chi connectivity index (χ1n) is 15.2. The zero-order chi connectivity index (χ0) is 33.3. The summed E-state index contributed by atoms with van der Waals surface area (Å²) < 4.78 is 22.2. The van der Waals surface area contributed by atoms with E-state index >= 15 is 0 Å². The molecule has 252 valence electrons. The van der Waals surface area contributed by atoms with Crippen molar-refractivity contribution in [1.29, 1.82) is 0 Å². The number of thioether (sulfide) groups is 1. The number of aliphatic hydroxyl groups is 3. The van der Waals surface area contributed by atoms with E-state index in [4.69, 9.17) is 24.7 Å². The number of methoxy groups -OCH3 is 1. The summed E-state index contributed by atoms with van der Waals surface area (Å²) in [5.41, 5.74) is 9.74. The lowest BCUT2D eigenvalue weighted by Crippen LogP contribution is -2.68. The Kier molecular flexibility index (Phi) is 12.8. The second-order valence-electron chi connectivity index (χ2n) is 11.2. The molecule has 4 unspecified atom stereocenters. The van der Waals surface area contributed by atoms with E-state index in [1.165, 1.54) is 6.92 Å². The molecule has 2 aliphatic rings. The summed E-state index contributed by atoms with van der Waals surface area (Å²) in [7, 11) is 1.12. The van der Waals surface area contributed by atoms with Crippen molar-refractivity contribution in [2.75, 3.05) is 44.9 Å². The van der Waals surface area contributed by atoms with Gasteiger partial charge >= 0.3 is 12.1 Å². The molecule has 1 aliphatic carbocycles. The van der Waals surface area contributed by atoms with Crippen molar-refractivity contribution in [3.05, 3.63) is 59.7 Å². The summed E-state index contributed by atoms with van der Waals surface area (Å²) in [6.45, 7) is 1.37. The van der Waals surface area contributed by atoms with Crippen molar-refractivity contribution in [3.63, 3.8) is 0 Å². The van der Waals surface area contributed by atoms with Crippen LogP contribution in [0.4, 0.5) is 4.79 Å². The largest absolute Gasteiger partial charge is 0.465 e. The van der Waals surface area contributed by atoms with Crippen LogP contribution in [0.15, 0.2) is 48.5 Å². The number of nitrogens with one attached hydrogen (secondary N) is 2. The normalized spacial score (nSPS) is 23.5. The summed E-state index contributed by atoms with van der Waals surface area (Å²) >= 11 is 1.61. The van der Waals surface area contributed by atoms with Crippen LogP contribution in [0, 0.1) is 0 Å². The Bertz CT molecular complexity index is 1300. The van der Waals surface area contributed by atoms with Gasteiger partial charge in [-0.2, -0.15) is 11.8 Å². The molecule has 14 heteroatoms. The number of benzene rings is 2. The third kappa shape index (κ3) is 8.37. The third-order valence-electron chi connectivity index (χ3n) is 8.00. The van der Waals surface area contributed by atoms with Crippen molar-refractivity contribution in [3.8, 4) is 11.1 Å². The topological polar surface area (TPSA) is 199 Å². The number of rotatable bonds is 15. The molecule has 1 fully saturated rings. The van der Waals surface area contributed by atoms with E-state index in [0.29, 0.717) is 18.7 Å². The Balaban J connectivity index is 1.39. The van der Waals surface area contributed by atoms with Gasteiger partial charge in [-0.15, -0.1) is 0 Å². The number of fused-ring (bicyclic) bond motifs is 3. The molecular weight excluding hydrogens is 618 g/mol. The van der Waals surface area contributed by atoms with Crippen molar-refractivity contribution in [1.82, 2.24) is 10.6 Å². The quantitative estimate of drug-likeness (QED) is 0.117. The van der Waals surface area contributed by atoms with Crippen LogP contribution in [0.25, 0.3) is 11.1 Å². The first-order chi connectivity index (χ1) is 22.1. The van der Waals surface area contributed by atoms with E-state index in [-0.39, 0.29) is 19.1 Å². The van der Waals surface area contributed by atoms with Crippen molar-refractivity contribution in [2.45, 2.75) is 61.9 Å². The standard InChI is InChI=1S/C32H43N3O10S/c1-19(36)35-27-25(37)16-32(30(40)42-2,44-13-7-14-46-15-12-33)45-29(27)28(39)26(38)17-34-31(41)43-18-24-22-10-5-3-8-20(22)21-9-4-6-11-23(21)24/h3-6,8-11,24-29,37-39H,7,12-18,33H2,1-2H3,(H,34,41)(H,35,36)/t25?,26-,27?,28+,29?,32?/m1/s1. The number of hydrogen-bond donors (Lipinski definition) is 6. The monoisotopic (exact) mass is 661 g/mol. The average molecular weight is 662 g/mol. The predicted molar refractivity (Wildman–Crippen MR) is 170 cm³/mol. The minimum absolute atomic E-state index is 0.0464. The van der Waals surface area contributed by atoms with Gasteiger partial charge in [-0.3, -0.25) is 4.79 Å². The Hall–Kier alpha value is -3.24. The highest BCUT2D eigenvalue weighted by molar-refractivity contribution is 7.99. The Morgan fingerprint density at radius 1 is 1.09 bits per heavy atom. The molecule has 2 amide bonds. The van der Waals surface area contributed by atoms with Gasteiger partial charge in [0, 0.05) is 38.1 Å². The zero-order valence-electron chi connectivity index (χ0n) is 25.9. The van der Waals surface area contributed by atoms with Crippen LogP contribution in [0.5, 0.6) is 0 Å². The molecule has 46 heavy (non-hydrogen) atoms. The Labute approximate surface area is 272 Å². The van der Waals surface area contributed by atoms with Gasteiger partial charge in [0.1, 0.15) is 18.8 Å². The smallest absolute Gasteiger partial charge is 0.407 e. The van der Waals surface area contributed by atoms with Gasteiger partial charge in [-0.25, -0.2) is 9.59 Å². The summed E-state index contributed by atoms with van der Waals surface area (Å²) in [6, 6.07) is 14.6. The highest BCUT2D eigenvalue weighted by Crippen LogP contribution is 2.44. The van der Waals surface area contributed by atoms with Gasteiger partial charge in [0.25, 0.3) is 5.79 Å². The average Bonchev–Trinajstić information content (AvgIpc) is 3.37. The highest BCUT2D eigenvalue weighted by atomic mass is 32.2. The molecule has 2 aromatic carbocycles. The maximum Gasteiger partial charge on any atom is 0.407 e. The second-order valence-corrected chi connectivity index (χ2v) is 12.4. The van der Waals surface area contributed by atoms with Gasteiger partial charge in [-0.1, -0.05) is 48.5 Å². The first kappa shape index (κ1) is 35.6. The van der Waals surface area contributed by atoms with Gasteiger partial charge in [-0.05, 0) is 34.4 Å². The number of alkyl carbamates (subject to hydrolysis) is 1. The van der Waals surface area contributed by atoms with Crippen LogP contribution in [0.2, 0.25) is 0 Å². The molecule has 2 aromatic rings. The Morgan fingerprint density at radius 3 is 2.35 bits per heavy atom. The number of aliphatic hydroxyl groups excluding tert-OH is 3. The van der Waals surface area contributed by atoms with Crippen LogP contribution in [-0.4, -0.2) is 114 Å². The van der Waals surface area contributed by atoms with E-state index in [9.17, 15) is 29.7 Å². The lowest BCUT2D eigenvalue weighted by molar-refractivity contribution is -0.311. The van der Waals surface area contributed by atoms with Crippen LogP contribution in [0.3, 0.4) is 0 Å². The molecule has 0 spiro atoms. The van der Waals surface area contributed by atoms with Crippen molar-refractivity contribution in [2.24, 2.45) is 5.73 Å². The van der Waals surface area contributed by atoms with Crippen LogP contribution < -0.4 is 16.4 Å². The second kappa shape index (κ2) is 16.5. The summed E-state index contributed by atoms with van der Waals surface area (Å²) in [6.07, 6.45) is -7.11. The number of hydrogen-bond acceptors (Lipinski definition) is 12. The van der Waals surface area contributed by atoms with Gasteiger partial charge < -0.3 is 50.6 Å². The SMILES string of the molecule is COC(=O)C1(OCCCSCCN)CC(O)C(NC(C)=O)C([C@@H](O)[C@H](O)CNC(=O)OCC2c3ccccc3-c3ccccc32)O1. The molecule has 0 saturated carbocycles. The molecule has 4 rings (SSSR count).